The number of rotatable bonds is 18. The number of hydrogen-bond acceptors (Lipinski definition) is 1. The average Bonchev–Trinajstić information content (AvgIpc) is 2.82. The van der Waals surface area contributed by atoms with Gasteiger partial charge in [0.15, 0.2) is 0 Å². The molecular formula is C29H43PS. The van der Waals surface area contributed by atoms with Crippen molar-refractivity contribution in [2.45, 2.75) is 83.5 Å². The van der Waals surface area contributed by atoms with Crippen molar-refractivity contribution in [2.75, 3.05) is 11.9 Å². The molecule has 0 nitrogen and oxygen atoms in total. The third-order valence-electron chi connectivity index (χ3n) is 5.83. The van der Waals surface area contributed by atoms with Crippen LogP contribution >= 0.6 is 20.6 Å². The zero-order chi connectivity index (χ0) is 21.8. The van der Waals surface area contributed by atoms with E-state index in [0.717, 1.165) is 5.75 Å². The van der Waals surface area contributed by atoms with Crippen LogP contribution in [0.1, 0.15) is 83.5 Å². The van der Waals surface area contributed by atoms with Gasteiger partial charge in [-0.3, -0.25) is 0 Å². The molecule has 0 atom stereocenters. The number of benzene rings is 2. The van der Waals surface area contributed by atoms with Gasteiger partial charge in [-0.1, -0.05) is 118 Å². The van der Waals surface area contributed by atoms with Gasteiger partial charge in [-0.2, -0.15) is 12.6 Å². The lowest BCUT2D eigenvalue weighted by Gasteiger charge is -2.18. The molecule has 2 aromatic rings. The highest BCUT2D eigenvalue weighted by atomic mass is 32.1. The molecule has 0 saturated carbocycles. The van der Waals surface area contributed by atoms with Crippen molar-refractivity contribution >= 4 is 31.2 Å². The van der Waals surface area contributed by atoms with Gasteiger partial charge >= 0.3 is 0 Å². The second-order valence-electron chi connectivity index (χ2n) is 8.48. The molecule has 0 aliphatic carbocycles. The molecule has 0 spiro atoms. The van der Waals surface area contributed by atoms with Crippen LogP contribution in [0.5, 0.6) is 0 Å². The van der Waals surface area contributed by atoms with Crippen molar-refractivity contribution in [3.05, 3.63) is 72.8 Å². The summed E-state index contributed by atoms with van der Waals surface area (Å²) in [5, 5.41) is 3.04. The summed E-state index contributed by atoms with van der Waals surface area (Å²) in [5.41, 5.74) is 0. The van der Waals surface area contributed by atoms with Gasteiger partial charge in [-0.15, -0.1) is 0 Å². The van der Waals surface area contributed by atoms with E-state index in [9.17, 15) is 0 Å². The normalized spacial score (nSPS) is 11.5. The van der Waals surface area contributed by atoms with Crippen LogP contribution in [0.3, 0.4) is 0 Å². The first-order chi connectivity index (χ1) is 15.4. The summed E-state index contributed by atoms with van der Waals surface area (Å²) in [4.78, 5) is 0. The summed E-state index contributed by atoms with van der Waals surface area (Å²) < 4.78 is 0. The van der Waals surface area contributed by atoms with E-state index in [2.05, 4.69) is 85.4 Å². The highest BCUT2D eigenvalue weighted by Crippen LogP contribution is 2.34. The van der Waals surface area contributed by atoms with Crippen LogP contribution < -0.4 is 10.6 Å². The molecule has 0 bridgehead atoms. The Morgan fingerprint density at radius 2 is 0.935 bits per heavy atom. The molecule has 0 aliphatic rings. The molecule has 2 heteroatoms. The molecular weight excluding hydrogens is 411 g/mol. The number of allylic oxidation sites excluding steroid dienone is 2. The van der Waals surface area contributed by atoms with Gasteiger partial charge in [-0.05, 0) is 69.0 Å². The first kappa shape index (κ1) is 26.2. The average molecular weight is 455 g/mol. The molecule has 0 aliphatic heterocycles. The van der Waals surface area contributed by atoms with E-state index >= 15 is 0 Å². The Labute approximate surface area is 199 Å². The van der Waals surface area contributed by atoms with Gasteiger partial charge < -0.3 is 0 Å². The van der Waals surface area contributed by atoms with Gasteiger partial charge in [0.25, 0.3) is 0 Å². The zero-order valence-electron chi connectivity index (χ0n) is 19.4. The van der Waals surface area contributed by atoms with Gasteiger partial charge in [0.05, 0.1) is 0 Å². The molecule has 0 radical (unpaired) electrons. The lowest BCUT2D eigenvalue weighted by Crippen LogP contribution is -2.13. The molecule has 2 rings (SSSR count). The minimum absolute atomic E-state index is 0.206. The molecule has 0 fully saturated rings. The summed E-state index contributed by atoms with van der Waals surface area (Å²) in [7, 11) is -0.206. The fraction of sp³-hybridized carbons (Fsp3) is 0.517. The Bertz CT molecular complexity index is 628. The Morgan fingerprint density at radius 1 is 0.516 bits per heavy atom. The van der Waals surface area contributed by atoms with E-state index in [-0.39, 0.29) is 7.92 Å². The zero-order valence-corrected chi connectivity index (χ0v) is 21.2. The van der Waals surface area contributed by atoms with E-state index in [0.29, 0.717) is 0 Å². The highest BCUT2D eigenvalue weighted by molar-refractivity contribution is 7.80. The fourth-order valence-corrected chi connectivity index (χ4v) is 6.64. The highest BCUT2D eigenvalue weighted by Gasteiger charge is 2.12. The van der Waals surface area contributed by atoms with Crippen LogP contribution in [0, 0.1) is 0 Å². The SMILES string of the molecule is SCCCCCCC/C=C\CCCCCCCCP(c1ccccc1)c1ccccc1. The fourth-order valence-electron chi connectivity index (χ4n) is 4.00. The second kappa shape index (κ2) is 18.5. The molecule has 31 heavy (non-hydrogen) atoms. The van der Waals surface area contributed by atoms with Crippen molar-refractivity contribution in [3.8, 4) is 0 Å². The van der Waals surface area contributed by atoms with Gasteiger partial charge in [0, 0.05) is 0 Å². The first-order valence-electron chi connectivity index (χ1n) is 12.6. The number of thiol groups is 1. The molecule has 0 amide bonds. The van der Waals surface area contributed by atoms with Gasteiger partial charge in [0.1, 0.15) is 0 Å². The van der Waals surface area contributed by atoms with Gasteiger partial charge in [-0.25, -0.2) is 0 Å². The third kappa shape index (κ3) is 12.5. The quantitative estimate of drug-likeness (QED) is 0.0990. The van der Waals surface area contributed by atoms with Crippen LogP contribution in [0.25, 0.3) is 0 Å². The first-order valence-corrected chi connectivity index (χ1v) is 14.7. The van der Waals surface area contributed by atoms with Crippen molar-refractivity contribution in [1.82, 2.24) is 0 Å². The maximum Gasteiger partial charge on any atom is -0.00979 e. The van der Waals surface area contributed by atoms with Crippen molar-refractivity contribution in [3.63, 3.8) is 0 Å². The summed E-state index contributed by atoms with van der Waals surface area (Å²) in [6, 6.07) is 22.3. The standard InChI is InChI=1S/C29H43PS/c31-27-21-13-11-9-7-5-3-1-2-4-6-8-10-12-20-26-30(28-22-16-14-17-23-28)29-24-18-15-19-25-29/h1,3,14-19,22-25,31H,2,4-13,20-21,26-27H2/b3-1-. The largest absolute Gasteiger partial charge is 0.179 e. The van der Waals surface area contributed by atoms with Crippen LogP contribution in [0.2, 0.25) is 0 Å². The van der Waals surface area contributed by atoms with E-state index < -0.39 is 0 Å². The maximum atomic E-state index is 4.27. The van der Waals surface area contributed by atoms with E-state index in [1.54, 1.807) is 0 Å². The molecule has 2 aromatic carbocycles. The molecule has 0 unspecified atom stereocenters. The topological polar surface area (TPSA) is 0 Å². The number of hydrogen-bond donors (Lipinski definition) is 1. The van der Waals surface area contributed by atoms with Crippen molar-refractivity contribution in [2.24, 2.45) is 0 Å². The summed E-state index contributed by atoms with van der Waals surface area (Å²) in [6.45, 7) is 0. The lowest BCUT2D eigenvalue weighted by atomic mass is 10.1. The van der Waals surface area contributed by atoms with E-state index in [1.807, 2.05) is 0 Å². The lowest BCUT2D eigenvalue weighted by molar-refractivity contribution is 0.611. The summed E-state index contributed by atoms with van der Waals surface area (Å²) in [5.74, 6) is 1.04. The molecule has 170 valence electrons. The van der Waals surface area contributed by atoms with E-state index in [4.69, 9.17) is 0 Å². The van der Waals surface area contributed by atoms with Crippen LogP contribution in [0.15, 0.2) is 72.8 Å². The monoisotopic (exact) mass is 454 g/mol. The molecule has 0 N–H and O–H groups in total. The minimum Gasteiger partial charge on any atom is -0.179 e. The van der Waals surface area contributed by atoms with Gasteiger partial charge in [0.2, 0.25) is 0 Å². The Balaban J connectivity index is 1.50. The second-order valence-corrected chi connectivity index (χ2v) is 11.3. The minimum atomic E-state index is -0.206. The third-order valence-corrected chi connectivity index (χ3v) is 8.76. The Morgan fingerprint density at radius 3 is 1.42 bits per heavy atom. The molecule has 0 aromatic heterocycles. The predicted octanol–water partition coefficient (Wildman–Crippen LogP) is 8.68. The van der Waals surface area contributed by atoms with Crippen LogP contribution in [0.4, 0.5) is 0 Å². The number of unbranched alkanes of at least 4 members (excludes halogenated alkanes) is 11. The van der Waals surface area contributed by atoms with Crippen molar-refractivity contribution < 1.29 is 0 Å². The van der Waals surface area contributed by atoms with Crippen LogP contribution in [-0.2, 0) is 0 Å². The van der Waals surface area contributed by atoms with Crippen molar-refractivity contribution in [1.29, 1.82) is 0 Å². The summed E-state index contributed by atoms with van der Waals surface area (Å²) >= 11 is 4.27. The molecule has 0 saturated heterocycles. The van der Waals surface area contributed by atoms with E-state index in [1.165, 1.54) is 100 Å². The molecule has 0 heterocycles. The Kier molecular flexibility index (Phi) is 15.7. The predicted molar refractivity (Wildman–Crippen MR) is 147 cm³/mol. The smallest absolute Gasteiger partial charge is 0.00979 e. The van der Waals surface area contributed by atoms with Crippen LogP contribution in [-0.4, -0.2) is 11.9 Å². The Hall–Kier alpha value is -1.04. The summed E-state index contributed by atoms with van der Waals surface area (Å²) in [6.07, 6.45) is 23.7. The maximum absolute atomic E-state index is 4.27.